The van der Waals surface area contributed by atoms with Gasteiger partial charge in [0.25, 0.3) is 0 Å². The van der Waals surface area contributed by atoms with Crippen LogP contribution in [0.4, 0.5) is 0 Å². The van der Waals surface area contributed by atoms with Crippen LogP contribution >= 0.6 is 0 Å². The van der Waals surface area contributed by atoms with Gasteiger partial charge in [0.1, 0.15) is 0 Å². The average molecular weight is 210 g/mol. The van der Waals surface area contributed by atoms with Crippen molar-refractivity contribution in [3.8, 4) is 0 Å². The molecular formula is C13H26N2. The highest BCUT2D eigenvalue weighted by Gasteiger charge is 2.35. The summed E-state index contributed by atoms with van der Waals surface area (Å²) in [5.74, 6) is 0. The molecule has 0 amide bonds. The topological polar surface area (TPSA) is 29.3 Å². The van der Waals surface area contributed by atoms with Crippen molar-refractivity contribution in [3.05, 3.63) is 0 Å². The molecule has 0 spiro atoms. The van der Waals surface area contributed by atoms with Gasteiger partial charge in [0, 0.05) is 18.1 Å². The lowest BCUT2D eigenvalue weighted by Gasteiger charge is -2.36. The first-order chi connectivity index (χ1) is 7.33. The molecule has 2 nitrogen and oxygen atoms in total. The van der Waals surface area contributed by atoms with Crippen molar-refractivity contribution < 1.29 is 0 Å². The molecule has 2 aliphatic rings. The van der Waals surface area contributed by atoms with Gasteiger partial charge in [-0.15, -0.1) is 0 Å². The molecule has 2 unspecified atom stereocenters. The van der Waals surface area contributed by atoms with Crippen LogP contribution in [-0.4, -0.2) is 29.6 Å². The lowest BCUT2D eigenvalue weighted by atomic mass is 9.91. The van der Waals surface area contributed by atoms with Crippen molar-refractivity contribution >= 4 is 0 Å². The Morgan fingerprint density at radius 3 is 2.27 bits per heavy atom. The molecule has 0 aliphatic heterocycles. The van der Waals surface area contributed by atoms with E-state index in [-0.39, 0.29) is 0 Å². The SMILES string of the molecule is CCN(C1CC1)C1CCCCCCC1N. The van der Waals surface area contributed by atoms with Crippen molar-refractivity contribution in [2.24, 2.45) is 5.73 Å². The fourth-order valence-corrected chi connectivity index (χ4v) is 3.07. The molecule has 0 saturated heterocycles. The van der Waals surface area contributed by atoms with Crippen molar-refractivity contribution in [3.63, 3.8) is 0 Å². The van der Waals surface area contributed by atoms with Gasteiger partial charge in [0.2, 0.25) is 0 Å². The molecule has 0 bridgehead atoms. The molecule has 2 atom stereocenters. The van der Waals surface area contributed by atoms with Gasteiger partial charge in [0.15, 0.2) is 0 Å². The van der Waals surface area contributed by atoms with Gasteiger partial charge in [-0.3, -0.25) is 4.90 Å². The van der Waals surface area contributed by atoms with Crippen molar-refractivity contribution in [1.29, 1.82) is 0 Å². The van der Waals surface area contributed by atoms with Crippen LogP contribution in [0, 0.1) is 0 Å². The molecule has 0 heterocycles. The summed E-state index contributed by atoms with van der Waals surface area (Å²) in [4.78, 5) is 2.69. The second-order valence-corrected chi connectivity index (χ2v) is 5.28. The third-order valence-electron chi connectivity index (χ3n) is 4.09. The Kier molecular flexibility index (Phi) is 4.04. The molecule has 0 radical (unpaired) electrons. The van der Waals surface area contributed by atoms with Gasteiger partial charge in [-0.25, -0.2) is 0 Å². The highest BCUT2D eigenvalue weighted by molar-refractivity contribution is 4.92. The van der Waals surface area contributed by atoms with Gasteiger partial charge < -0.3 is 5.73 Å². The Hall–Kier alpha value is -0.0800. The number of hydrogen-bond acceptors (Lipinski definition) is 2. The van der Waals surface area contributed by atoms with E-state index in [9.17, 15) is 0 Å². The molecule has 0 aromatic rings. The monoisotopic (exact) mass is 210 g/mol. The molecular weight excluding hydrogens is 184 g/mol. The molecule has 2 rings (SSSR count). The van der Waals surface area contributed by atoms with Gasteiger partial charge in [-0.1, -0.05) is 32.6 Å². The normalized spacial score (nSPS) is 33.8. The maximum absolute atomic E-state index is 6.35. The van der Waals surface area contributed by atoms with Crippen LogP contribution < -0.4 is 5.73 Å². The number of hydrogen-bond donors (Lipinski definition) is 1. The fourth-order valence-electron chi connectivity index (χ4n) is 3.07. The maximum Gasteiger partial charge on any atom is 0.0250 e. The maximum atomic E-state index is 6.35. The zero-order valence-corrected chi connectivity index (χ0v) is 10.1. The first kappa shape index (κ1) is 11.4. The minimum absolute atomic E-state index is 0.436. The average Bonchev–Trinajstić information content (AvgIpc) is 3.01. The first-order valence-corrected chi connectivity index (χ1v) is 6.84. The zero-order chi connectivity index (χ0) is 10.7. The van der Waals surface area contributed by atoms with E-state index in [1.165, 1.54) is 57.9 Å². The lowest BCUT2D eigenvalue weighted by Crippen LogP contribution is -2.49. The minimum atomic E-state index is 0.436. The number of rotatable bonds is 3. The van der Waals surface area contributed by atoms with Crippen LogP contribution in [0.3, 0.4) is 0 Å². The van der Waals surface area contributed by atoms with E-state index in [0.29, 0.717) is 12.1 Å². The quantitative estimate of drug-likeness (QED) is 0.775. The summed E-state index contributed by atoms with van der Waals surface area (Å²) in [6, 6.07) is 2.00. The fraction of sp³-hybridized carbons (Fsp3) is 1.00. The summed E-state index contributed by atoms with van der Waals surface area (Å²) in [5, 5.41) is 0. The van der Waals surface area contributed by atoms with Crippen LogP contribution in [0.2, 0.25) is 0 Å². The molecule has 2 fully saturated rings. The van der Waals surface area contributed by atoms with Gasteiger partial charge in [0.05, 0.1) is 0 Å². The zero-order valence-electron chi connectivity index (χ0n) is 10.1. The summed E-state index contributed by atoms with van der Waals surface area (Å²) in [6.07, 6.45) is 11.0. The Morgan fingerprint density at radius 1 is 1.00 bits per heavy atom. The van der Waals surface area contributed by atoms with Crippen LogP contribution in [0.5, 0.6) is 0 Å². The largest absolute Gasteiger partial charge is 0.326 e. The molecule has 0 aromatic carbocycles. The van der Waals surface area contributed by atoms with Crippen LogP contribution in [-0.2, 0) is 0 Å². The Morgan fingerprint density at radius 2 is 1.67 bits per heavy atom. The molecule has 15 heavy (non-hydrogen) atoms. The summed E-state index contributed by atoms with van der Waals surface area (Å²) in [6.45, 7) is 3.49. The third-order valence-corrected chi connectivity index (χ3v) is 4.09. The van der Waals surface area contributed by atoms with E-state index in [0.717, 1.165) is 6.04 Å². The molecule has 2 aliphatic carbocycles. The second-order valence-electron chi connectivity index (χ2n) is 5.28. The molecule has 0 aromatic heterocycles. The van der Waals surface area contributed by atoms with E-state index in [2.05, 4.69) is 11.8 Å². The first-order valence-electron chi connectivity index (χ1n) is 6.84. The number of nitrogens with two attached hydrogens (primary N) is 1. The Bertz CT molecular complexity index is 189. The molecule has 88 valence electrons. The summed E-state index contributed by atoms with van der Waals surface area (Å²) in [5.41, 5.74) is 6.35. The van der Waals surface area contributed by atoms with Gasteiger partial charge in [-0.2, -0.15) is 0 Å². The Balaban J connectivity index is 1.94. The van der Waals surface area contributed by atoms with E-state index in [1.54, 1.807) is 0 Å². The van der Waals surface area contributed by atoms with Gasteiger partial charge >= 0.3 is 0 Å². The predicted octanol–water partition coefficient (Wildman–Crippen LogP) is 2.52. The second kappa shape index (κ2) is 5.31. The minimum Gasteiger partial charge on any atom is -0.326 e. The summed E-state index contributed by atoms with van der Waals surface area (Å²) >= 11 is 0. The van der Waals surface area contributed by atoms with E-state index < -0.39 is 0 Å². The standard InChI is InChI=1S/C13H26N2/c1-2-15(11-9-10-11)13-8-6-4-3-5-7-12(13)14/h11-13H,2-10,14H2,1H3. The van der Waals surface area contributed by atoms with Crippen molar-refractivity contribution in [2.75, 3.05) is 6.54 Å². The highest BCUT2D eigenvalue weighted by atomic mass is 15.2. The summed E-state index contributed by atoms with van der Waals surface area (Å²) < 4.78 is 0. The van der Waals surface area contributed by atoms with Crippen LogP contribution in [0.15, 0.2) is 0 Å². The van der Waals surface area contributed by atoms with Crippen molar-refractivity contribution in [2.45, 2.75) is 76.4 Å². The van der Waals surface area contributed by atoms with Crippen LogP contribution in [0.1, 0.15) is 58.3 Å². The molecule has 2 N–H and O–H groups in total. The molecule has 2 saturated carbocycles. The highest BCUT2D eigenvalue weighted by Crippen LogP contribution is 2.32. The smallest absolute Gasteiger partial charge is 0.0250 e. The van der Waals surface area contributed by atoms with Crippen LogP contribution in [0.25, 0.3) is 0 Å². The van der Waals surface area contributed by atoms with Gasteiger partial charge in [-0.05, 0) is 32.2 Å². The lowest BCUT2D eigenvalue weighted by molar-refractivity contribution is 0.147. The number of likely N-dealkylation sites (N-methyl/N-ethyl adjacent to an activating group) is 1. The predicted molar refractivity (Wildman–Crippen MR) is 64.9 cm³/mol. The summed E-state index contributed by atoms with van der Waals surface area (Å²) in [7, 11) is 0. The van der Waals surface area contributed by atoms with E-state index in [4.69, 9.17) is 5.73 Å². The Labute approximate surface area is 94.2 Å². The third kappa shape index (κ3) is 2.94. The number of nitrogens with zero attached hydrogens (tertiary/aromatic N) is 1. The van der Waals surface area contributed by atoms with E-state index >= 15 is 0 Å². The molecule has 2 heteroatoms. The van der Waals surface area contributed by atoms with E-state index in [1.807, 2.05) is 0 Å². The van der Waals surface area contributed by atoms with Crippen molar-refractivity contribution in [1.82, 2.24) is 4.90 Å².